The Balaban J connectivity index is 1.69. The standard InChI is InChI=1S/C20H17N3OS/c1-13-3-6-15(7-4-13)25-16-8-9-17-18(12-16)22-23(21-17)19-11-14(2)5-10-20(19)24/h3-12,24H,1-2H3. The van der Waals surface area contributed by atoms with Crippen LogP contribution >= 0.6 is 11.8 Å². The van der Waals surface area contributed by atoms with Gasteiger partial charge in [0.1, 0.15) is 22.5 Å². The second-order valence-electron chi connectivity index (χ2n) is 6.05. The Morgan fingerprint density at radius 1 is 0.760 bits per heavy atom. The lowest BCUT2D eigenvalue weighted by Crippen LogP contribution is -1.99. The third-order valence-corrected chi connectivity index (χ3v) is 4.95. The van der Waals surface area contributed by atoms with E-state index in [4.69, 9.17) is 0 Å². The SMILES string of the molecule is Cc1ccc(Sc2ccc3nn(-c4cc(C)ccc4O)nc3c2)cc1. The Morgan fingerprint density at radius 3 is 2.24 bits per heavy atom. The fourth-order valence-electron chi connectivity index (χ4n) is 2.60. The summed E-state index contributed by atoms with van der Waals surface area (Å²) in [5.74, 6) is 0.167. The quantitative estimate of drug-likeness (QED) is 0.573. The molecular weight excluding hydrogens is 330 g/mol. The van der Waals surface area contributed by atoms with Gasteiger partial charge in [-0.2, -0.15) is 0 Å². The summed E-state index contributed by atoms with van der Waals surface area (Å²) >= 11 is 1.70. The number of aryl methyl sites for hydroxylation is 2. The van der Waals surface area contributed by atoms with E-state index in [1.165, 1.54) is 15.3 Å². The number of hydrogen-bond donors (Lipinski definition) is 1. The number of fused-ring (bicyclic) bond motifs is 1. The highest BCUT2D eigenvalue weighted by molar-refractivity contribution is 7.99. The average molecular weight is 347 g/mol. The highest BCUT2D eigenvalue weighted by Crippen LogP contribution is 2.30. The second-order valence-corrected chi connectivity index (χ2v) is 7.19. The Kier molecular flexibility index (Phi) is 3.93. The van der Waals surface area contributed by atoms with Crippen LogP contribution in [0.1, 0.15) is 11.1 Å². The molecule has 4 aromatic rings. The lowest BCUT2D eigenvalue weighted by atomic mass is 10.2. The minimum Gasteiger partial charge on any atom is -0.506 e. The maximum Gasteiger partial charge on any atom is 0.143 e. The molecule has 0 spiro atoms. The van der Waals surface area contributed by atoms with Crippen LogP contribution in [0.3, 0.4) is 0 Å². The minimum atomic E-state index is 0.167. The van der Waals surface area contributed by atoms with Crippen molar-refractivity contribution in [2.75, 3.05) is 0 Å². The monoisotopic (exact) mass is 347 g/mol. The van der Waals surface area contributed by atoms with Gasteiger partial charge in [0.05, 0.1) is 0 Å². The van der Waals surface area contributed by atoms with Crippen LogP contribution in [0.15, 0.2) is 70.5 Å². The maximum absolute atomic E-state index is 10.1. The van der Waals surface area contributed by atoms with Crippen LogP contribution in [0.4, 0.5) is 0 Å². The molecule has 0 atom stereocenters. The molecule has 0 amide bonds. The smallest absolute Gasteiger partial charge is 0.143 e. The zero-order valence-corrected chi connectivity index (χ0v) is 14.8. The number of aromatic hydroxyl groups is 1. The van der Waals surface area contributed by atoms with E-state index in [0.29, 0.717) is 5.69 Å². The van der Waals surface area contributed by atoms with E-state index in [1.807, 2.05) is 37.3 Å². The largest absolute Gasteiger partial charge is 0.506 e. The summed E-state index contributed by atoms with van der Waals surface area (Å²) in [5, 5.41) is 19.1. The molecule has 3 aromatic carbocycles. The third-order valence-electron chi connectivity index (χ3n) is 3.95. The first-order valence-electron chi connectivity index (χ1n) is 8.00. The molecule has 0 bridgehead atoms. The molecule has 0 aliphatic heterocycles. The summed E-state index contributed by atoms with van der Waals surface area (Å²) < 4.78 is 0. The first-order valence-corrected chi connectivity index (χ1v) is 8.82. The molecule has 4 nitrogen and oxygen atoms in total. The summed E-state index contributed by atoms with van der Waals surface area (Å²) in [7, 11) is 0. The van der Waals surface area contributed by atoms with E-state index < -0.39 is 0 Å². The number of aromatic nitrogens is 3. The second kappa shape index (κ2) is 6.26. The Labute approximate surface area is 150 Å². The van der Waals surface area contributed by atoms with Gasteiger partial charge < -0.3 is 5.11 Å². The number of benzene rings is 3. The van der Waals surface area contributed by atoms with Gasteiger partial charge in [-0.25, -0.2) is 0 Å². The molecule has 5 heteroatoms. The number of phenolic OH excluding ortho intramolecular Hbond substituents is 1. The molecule has 0 radical (unpaired) electrons. The van der Waals surface area contributed by atoms with Gasteiger partial charge in [-0.1, -0.05) is 35.5 Å². The van der Waals surface area contributed by atoms with Crippen molar-refractivity contribution in [2.24, 2.45) is 0 Å². The van der Waals surface area contributed by atoms with Crippen LogP contribution in [-0.2, 0) is 0 Å². The van der Waals surface area contributed by atoms with E-state index in [9.17, 15) is 5.11 Å². The summed E-state index contributed by atoms with van der Waals surface area (Å²) in [6, 6.07) is 19.9. The molecule has 0 saturated carbocycles. The summed E-state index contributed by atoms with van der Waals surface area (Å²) in [5.41, 5.74) is 4.49. The average Bonchev–Trinajstić information content (AvgIpc) is 3.02. The van der Waals surface area contributed by atoms with Crippen molar-refractivity contribution >= 4 is 22.8 Å². The highest BCUT2D eigenvalue weighted by Gasteiger charge is 2.10. The van der Waals surface area contributed by atoms with Crippen molar-refractivity contribution in [2.45, 2.75) is 23.6 Å². The minimum absolute atomic E-state index is 0.167. The van der Waals surface area contributed by atoms with Gasteiger partial charge >= 0.3 is 0 Å². The normalized spacial score (nSPS) is 11.1. The third kappa shape index (κ3) is 3.23. The predicted molar refractivity (Wildman–Crippen MR) is 101 cm³/mol. The van der Waals surface area contributed by atoms with Crippen molar-refractivity contribution < 1.29 is 5.11 Å². The van der Waals surface area contributed by atoms with Gasteiger partial charge in [0.15, 0.2) is 0 Å². The van der Waals surface area contributed by atoms with Crippen LogP contribution in [0, 0.1) is 13.8 Å². The maximum atomic E-state index is 10.1. The van der Waals surface area contributed by atoms with E-state index in [2.05, 4.69) is 41.4 Å². The van der Waals surface area contributed by atoms with E-state index >= 15 is 0 Å². The fourth-order valence-corrected chi connectivity index (χ4v) is 3.45. The van der Waals surface area contributed by atoms with Gasteiger partial charge in [0.25, 0.3) is 0 Å². The van der Waals surface area contributed by atoms with Crippen LogP contribution in [0.5, 0.6) is 5.75 Å². The molecule has 0 aliphatic carbocycles. The van der Waals surface area contributed by atoms with E-state index in [0.717, 1.165) is 21.5 Å². The zero-order valence-electron chi connectivity index (χ0n) is 14.0. The van der Waals surface area contributed by atoms with Gasteiger partial charge in [-0.3, -0.25) is 0 Å². The first-order chi connectivity index (χ1) is 12.1. The molecule has 1 N–H and O–H groups in total. The van der Waals surface area contributed by atoms with Crippen LogP contribution < -0.4 is 0 Å². The molecule has 0 unspecified atom stereocenters. The van der Waals surface area contributed by atoms with Crippen LogP contribution in [0.25, 0.3) is 16.7 Å². The Morgan fingerprint density at radius 2 is 1.44 bits per heavy atom. The highest BCUT2D eigenvalue weighted by atomic mass is 32.2. The number of rotatable bonds is 3. The summed E-state index contributed by atoms with van der Waals surface area (Å²) in [6.07, 6.45) is 0. The van der Waals surface area contributed by atoms with Gasteiger partial charge in [-0.05, 0) is 61.9 Å². The van der Waals surface area contributed by atoms with Crippen molar-refractivity contribution in [3.05, 3.63) is 71.8 Å². The van der Waals surface area contributed by atoms with Crippen LogP contribution in [0.2, 0.25) is 0 Å². The molecular formula is C20H17N3OS. The molecule has 0 fully saturated rings. The predicted octanol–water partition coefficient (Wildman–Crippen LogP) is 4.89. The summed E-state index contributed by atoms with van der Waals surface area (Å²) in [4.78, 5) is 3.79. The van der Waals surface area contributed by atoms with Crippen LogP contribution in [-0.4, -0.2) is 20.1 Å². The van der Waals surface area contributed by atoms with Gasteiger partial charge in [0, 0.05) is 9.79 Å². The Bertz CT molecular complexity index is 1050. The first kappa shape index (κ1) is 15.7. The molecule has 4 rings (SSSR count). The molecule has 0 aliphatic rings. The molecule has 124 valence electrons. The van der Waals surface area contributed by atoms with Crippen molar-refractivity contribution in [3.63, 3.8) is 0 Å². The number of nitrogens with zero attached hydrogens (tertiary/aromatic N) is 3. The van der Waals surface area contributed by atoms with Crippen molar-refractivity contribution in [1.29, 1.82) is 0 Å². The number of phenols is 1. The number of hydrogen-bond acceptors (Lipinski definition) is 4. The van der Waals surface area contributed by atoms with Crippen molar-refractivity contribution in [1.82, 2.24) is 15.0 Å². The topological polar surface area (TPSA) is 50.9 Å². The van der Waals surface area contributed by atoms with Gasteiger partial charge in [-0.15, -0.1) is 15.0 Å². The lowest BCUT2D eigenvalue weighted by molar-refractivity contribution is 0.467. The fraction of sp³-hybridized carbons (Fsp3) is 0.100. The molecule has 1 heterocycles. The molecule has 1 aromatic heterocycles. The lowest BCUT2D eigenvalue weighted by Gasteiger charge is -2.03. The summed E-state index contributed by atoms with van der Waals surface area (Å²) in [6.45, 7) is 4.06. The Hall–Kier alpha value is -2.79. The van der Waals surface area contributed by atoms with E-state index in [-0.39, 0.29) is 5.75 Å². The molecule has 0 saturated heterocycles. The zero-order chi connectivity index (χ0) is 17.4. The van der Waals surface area contributed by atoms with Gasteiger partial charge in [0.2, 0.25) is 0 Å². The van der Waals surface area contributed by atoms with E-state index in [1.54, 1.807) is 17.8 Å². The van der Waals surface area contributed by atoms with Crippen molar-refractivity contribution in [3.8, 4) is 11.4 Å². The molecule has 25 heavy (non-hydrogen) atoms.